The van der Waals surface area contributed by atoms with Crippen LogP contribution in [0, 0.1) is 0 Å². The number of hydrogen-bond donors (Lipinski definition) is 2. The third-order valence-corrected chi connectivity index (χ3v) is 3.82. The number of rotatable bonds is 5. The summed E-state index contributed by atoms with van der Waals surface area (Å²) in [6.45, 7) is 5.58. The Hall–Kier alpha value is -2.20. The molecule has 5 heteroatoms. The molecule has 0 aromatic heterocycles. The molecule has 23 heavy (non-hydrogen) atoms. The van der Waals surface area contributed by atoms with Crippen LogP contribution in [-0.4, -0.2) is 22.3 Å². The van der Waals surface area contributed by atoms with Crippen molar-refractivity contribution in [3.05, 3.63) is 58.1 Å². The number of aromatic hydroxyl groups is 1. The zero-order chi connectivity index (χ0) is 17.1. The van der Waals surface area contributed by atoms with Crippen molar-refractivity contribution in [3.8, 4) is 11.5 Å². The number of aromatic carboxylic acids is 1. The summed E-state index contributed by atoms with van der Waals surface area (Å²) >= 11 is 5.91. The molecule has 4 nitrogen and oxygen atoms in total. The molecular weight excluding hydrogens is 316 g/mol. The van der Waals surface area contributed by atoms with Gasteiger partial charge in [-0.1, -0.05) is 36.7 Å². The molecule has 1 atom stereocenters. The fourth-order valence-electron chi connectivity index (χ4n) is 2.43. The zero-order valence-corrected chi connectivity index (χ0v) is 14.0. The topological polar surface area (TPSA) is 66.8 Å². The molecule has 2 aromatic rings. The van der Waals surface area contributed by atoms with E-state index in [1.54, 1.807) is 18.2 Å². The molecule has 122 valence electrons. The van der Waals surface area contributed by atoms with Crippen LogP contribution in [0.2, 0.25) is 5.02 Å². The molecule has 2 N–H and O–H groups in total. The maximum Gasteiger partial charge on any atom is 0.343 e. The fraction of sp³-hybridized carbons (Fsp3) is 0.278. The largest absolute Gasteiger partial charge is 0.507 e. The third kappa shape index (κ3) is 3.77. The first-order valence-electron chi connectivity index (χ1n) is 7.32. The highest BCUT2D eigenvalue weighted by Gasteiger charge is 2.24. The quantitative estimate of drug-likeness (QED) is 0.833. The van der Waals surface area contributed by atoms with E-state index < -0.39 is 5.97 Å². The second-order valence-electron chi connectivity index (χ2n) is 5.62. The van der Waals surface area contributed by atoms with E-state index >= 15 is 0 Å². The molecule has 0 radical (unpaired) electrons. The average molecular weight is 335 g/mol. The first-order valence-corrected chi connectivity index (χ1v) is 7.70. The van der Waals surface area contributed by atoms with Gasteiger partial charge in [0, 0.05) is 16.5 Å². The summed E-state index contributed by atoms with van der Waals surface area (Å²) in [6.07, 6.45) is -0.217. The third-order valence-electron chi connectivity index (χ3n) is 3.57. The number of halogens is 1. The molecule has 0 aliphatic carbocycles. The summed E-state index contributed by atoms with van der Waals surface area (Å²) in [5.41, 5.74) is 1.47. The molecule has 1 unspecified atom stereocenters. The van der Waals surface area contributed by atoms with Crippen LogP contribution in [0.3, 0.4) is 0 Å². The van der Waals surface area contributed by atoms with Gasteiger partial charge in [0.2, 0.25) is 0 Å². The Morgan fingerprint density at radius 3 is 2.22 bits per heavy atom. The Morgan fingerprint density at radius 2 is 1.70 bits per heavy atom. The normalized spacial score (nSPS) is 12.2. The molecule has 0 saturated carbocycles. The van der Waals surface area contributed by atoms with E-state index in [4.69, 9.17) is 16.3 Å². The highest BCUT2D eigenvalue weighted by atomic mass is 35.5. The van der Waals surface area contributed by atoms with E-state index in [9.17, 15) is 15.0 Å². The minimum atomic E-state index is -1.22. The number of carboxylic acid groups (broad SMARTS) is 1. The second kappa shape index (κ2) is 6.92. The van der Waals surface area contributed by atoms with Gasteiger partial charge in [-0.25, -0.2) is 4.79 Å². The fourth-order valence-corrected chi connectivity index (χ4v) is 2.56. The van der Waals surface area contributed by atoms with E-state index in [1.807, 2.05) is 32.9 Å². The van der Waals surface area contributed by atoms with Crippen molar-refractivity contribution in [2.24, 2.45) is 0 Å². The first-order chi connectivity index (χ1) is 10.8. The lowest BCUT2D eigenvalue weighted by molar-refractivity contribution is 0.0686. The number of carboxylic acids is 1. The molecule has 0 saturated heterocycles. The predicted octanol–water partition coefficient (Wildman–Crippen LogP) is 4.68. The van der Waals surface area contributed by atoms with Gasteiger partial charge in [0.05, 0.1) is 6.10 Å². The molecule has 0 spiro atoms. The monoisotopic (exact) mass is 334 g/mol. The minimum Gasteiger partial charge on any atom is -0.507 e. The highest BCUT2D eigenvalue weighted by Crippen LogP contribution is 2.39. The molecule has 0 fully saturated rings. The molecule has 2 aromatic carbocycles. The van der Waals surface area contributed by atoms with Gasteiger partial charge in [-0.2, -0.15) is 0 Å². The van der Waals surface area contributed by atoms with Crippen LogP contribution in [0.5, 0.6) is 11.5 Å². The van der Waals surface area contributed by atoms with Crippen molar-refractivity contribution >= 4 is 17.6 Å². The maximum absolute atomic E-state index is 11.5. The van der Waals surface area contributed by atoms with Gasteiger partial charge in [0.25, 0.3) is 0 Å². The lowest BCUT2D eigenvalue weighted by Crippen LogP contribution is -2.13. The van der Waals surface area contributed by atoms with Crippen LogP contribution in [0.4, 0.5) is 0 Å². The molecule has 0 amide bonds. The molecule has 0 heterocycles. The summed E-state index contributed by atoms with van der Waals surface area (Å²) in [4.78, 5) is 11.5. The first kappa shape index (κ1) is 17.2. The van der Waals surface area contributed by atoms with E-state index in [0.29, 0.717) is 10.6 Å². The zero-order valence-electron chi connectivity index (χ0n) is 13.2. The van der Waals surface area contributed by atoms with Crippen LogP contribution in [0.1, 0.15) is 48.2 Å². The molecular formula is C18H19ClO4. The summed E-state index contributed by atoms with van der Waals surface area (Å²) < 4.78 is 5.72. The second-order valence-corrected chi connectivity index (χ2v) is 6.06. The number of carbonyl (C=O) groups is 1. The van der Waals surface area contributed by atoms with Crippen molar-refractivity contribution < 1.29 is 19.7 Å². The van der Waals surface area contributed by atoms with Crippen molar-refractivity contribution in [3.63, 3.8) is 0 Å². The van der Waals surface area contributed by atoms with E-state index in [0.717, 1.165) is 5.56 Å². The van der Waals surface area contributed by atoms with Crippen molar-refractivity contribution in [2.45, 2.75) is 32.8 Å². The van der Waals surface area contributed by atoms with Crippen LogP contribution in [0.15, 0.2) is 36.4 Å². The van der Waals surface area contributed by atoms with Crippen LogP contribution in [0.25, 0.3) is 0 Å². The standard InChI is InChI=1S/C18H19ClO4/c1-10(2)23-17-14(8-9-15(20)16(17)18(21)22)11(3)12-4-6-13(19)7-5-12/h4-11,20H,1-3H3,(H,21,22). The van der Waals surface area contributed by atoms with Crippen LogP contribution >= 0.6 is 11.6 Å². The Kier molecular flexibility index (Phi) is 5.16. The Balaban J connectivity index is 2.58. The van der Waals surface area contributed by atoms with Gasteiger partial charge >= 0.3 is 5.97 Å². The van der Waals surface area contributed by atoms with Gasteiger partial charge in [0.15, 0.2) is 0 Å². The van der Waals surface area contributed by atoms with E-state index in [2.05, 4.69) is 0 Å². The van der Waals surface area contributed by atoms with Crippen molar-refractivity contribution in [1.82, 2.24) is 0 Å². The number of hydrogen-bond acceptors (Lipinski definition) is 3. The molecule has 0 bridgehead atoms. The van der Waals surface area contributed by atoms with Crippen molar-refractivity contribution in [2.75, 3.05) is 0 Å². The highest BCUT2D eigenvalue weighted by molar-refractivity contribution is 6.30. The Bertz CT molecular complexity index is 708. The molecule has 0 aliphatic heterocycles. The summed E-state index contributed by atoms with van der Waals surface area (Å²) in [5, 5.41) is 20.0. The number of benzene rings is 2. The summed E-state index contributed by atoms with van der Waals surface area (Å²) in [7, 11) is 0. The van der Waals surface area contributed by atoms with E-state index in [1.165, 1.54) is 6.07 Å². The van der Waals surface area contributed by atoms with Crippen LogP contribution < -0.4 is 4.74 Å². The van der Waals surface area contributed by atoms with Gasteiger partial charge < -0.3 is 14.9 Å². The Labute approximate surface area is 140 Å². The number of phenols is 1. The predicted molar refractivity (Wildman–Crippen MR) is 89.8 cm³/mol. The van der Waals surface area contributed by atoms with E-state index in [-0.39, 0.29) is 29.1 Å². The molecule has 2 rings (SSSR count). The SMILES string of the molecule is CC(C)Oc1c(C(C)c2ccc(Cl)cc2)ccc(O)c1C(=O)O. The van der Waals surface area contributed by atoms with Crippen LogP contribution in [-0.2, 0) is 0 Å². The smallest absolute Gasteiger partial charge is 0.343 e. The van der Waals surface area contributed by atoms with Gasteiger partial charge in [-0.15, -0.1) is 0 Å². The maximum atomic E-state index is 11.5. The lowest BCUT2D eigenvalue weighted by atomic mass is 9.90. The minimum absolute atomic E-state index is 0.111. The average Bonchev–Trinajstić information content (AvgIpc) is 2.46. The molecule has 0 aliphatic rings. The number of ether oxygens (including phenoxy) is 1. The summed E-state index contributed by atoms with van der Waals surface area (Å²) in [6, 6.07) is 10.4. The van der Waals surface area contributed by atoms with Gasteiger partial charge in [-0.3, -0.25) is 0 Å². The van der Waals surface area contributed by atoms with Crippen molar-refractivity contribution in [1.29, 1.82) is 0 Å². The van der Waals surface area contributed by atoms with Gasteiger partial charge in [0.1, 0.15) is 17.1 Å². The lowest BCUT2D eigenvalue weighted by Gasteiger charge is -2.21. The summed E-state index contributed by atoms with van der Waals surface area (Å²) in [5.74, 6) is -1.43. The Morgan fingerprint density at radius 1 is 1.09 bits per heavy atom. The van der Waals surface area contributed by atoms with Gasteiger partial charge in [-0.05, 0) is 37.6 Å².